The lowest BCUT2D eigenvalue weighted by Gasteiger charge is -2.22. The maximum Gasteiger partial charge on any atom is 0.251 e. The highest BCUT2D eigenvalue weighted by Gasteiger charge is 2.36. The summed E-state index contributed by atoms with van der Waals surface area (Å²) in [7, 11) is 0. The normalized spacial score (nSPS) is 36.1. The third-order valence-electron chi connectivity index (χ3n) is 3.45. The van der Waals surface area contributed by atoms with E-state index >= 15 is 0 Å². The van der Waals surface area contributed by atoms with Gasteiger partial charge in [-0.15, -0.1) is 0 Å². The molecule has 3 nitrogen and oxygen atoms in total. The first-order valence-corrected chi connectivity index (χ1v) is 6.81. The number of carbonyl (C=O) groups excluding carboxylic acids is 1. The molecular formula is C11H18BrNO2. The van der Waals surface area contributed by atoms with Gasteiger partial charge in [-0.05, 0) is 24.7 Å². The molecule has 2 fully saturated rings. The first-order chi connectivity index (χ1) is 7.22. The van der Waals surface area contributed by atoms with Crippen molar-refractivity contribution >= 4 is 21.8 Å². The van der Waals surface area contributed by atoms with Crippen LogP contribution in [-0.2, 0) is 9.53 Å². The summed E-state index contributed by atoms with van der Waals surface area (Å²) in [5, 5.41) is 0.998. The fourth-order valence-electron chi connectivity index (χ4n) is 2.35. The van der Waals surface area contributed by atoms with Crippen molar-refractivity contribution in [3.8, 4) is 0 Å². The van der Waals surface area contributed by atoms with Gasteiger partial charge in [0, 0.05) is 25.0 Å². The van der Waals surface area contributed by atoms with Gasteiger partial charge in [0.25, 0.3) is 5.91 Å². The van der Waals surface area contributed by atoms with Gasteiger partial charge in [-0.1, -0.05) is 22.9 Å². The Balaban J connectivity index is 1.91. The van der Waals surface area contributed by atoms with Crippen molar-refractivity contribution in [2.45, 2.75) is 25.9 Å². The molecule has 0 bridgehead atoms. The minimum atomic E-state index is -0.168. The predicted octanol–water partition coefficient (Wildman–Crippen LogP) is 1.65. The topological polar surface area (TPSA) is 29.5 Å². The van der Waals surface area contributed by atoms with E-state index < -0.39 is 0 Å². The number of rotatable bonds is 2. The van der Waals surface area contributed by atoms with Crippen molar-refractivity contribution < 1.29 is 9.53 Å². The van der Waals surface area contributed by atoms with E-state index in [2.05, 4.69) is 22.9 Å². The van der Waals surface area contributed by atoms with Crippen molar-refractivity contribution in [1.82, 2.24) is 4.90 Å². The van der Waals surface area contributed by atoms with E-state index in [0.717, 1.165) is 37.9 Å². The zero-order valence-electron chi connectivity index (χ0n) is 9.12. The number of carbonyl (C=O) groups is 1. The average molecular weight is 276 g/mol. The van der Waals surface area contributed by atoms with Gasteiger partial charge in [0.05, 0.1) is 0 Å². The Morgan fingerprint density at radius 3 is 2.87 bits per heavy atom. The zero-order valence-corrected chi connectivity index (χ0v) is 10.7. The second-order valence-corrected chi connectivity index (χ2v) is 5.30. The fourth-order valence-corrected chi connectivity index (χ4v) is 2.88. The van der Waals surface area contributed by atoms with Gasteiger partial charge < -0.3 is 9.64 Å². The van der Waals surface area contributed by atoms with E-state index in [4.69, 9.17) is 4.74 Å². The Morgan fingerprint density at radius 1 is 1.53 bits per heavy atom. The third kappa shape index (κ3) is 2.36. The van der Waals surface area contributed by atoms with Crippen LogP contribution in [0.2, 0.25) is 0 Å². The Bertz CT molecular complexity index is 247. The van der Waals surface area contributed by atoms with Crippen LogP contribution in [0.1, 0.15) is 19.8 Å². The number of hydrogen-bond donors (Lipinski definition) is 0. The van der Waals surface area contributed by atoms with Crippen LogP contribution in [0.15, 0.2) is 0 Å². The number of halogens is 1. The minimum absolute atomic E-state index is 0.168. The highest BCUT2D eigenvalue weighted by atomic mass is 79.9. The molecule has 0 aromatic rings. The molecule has 2 aliphatic rings. The van der Waals surface area contributed by atoms with Gasteiger partial charge in [0.1, 0.15) is 6.10 Å². The molecule has 1 amide bonds. The highest BCUT2D eigenvalue weighted by molar-refractivity contribution is 9.09. The zero-order chi connectivity index (χ0) is 10.8. The summed E-state index contributed by atoms with van der Waals surface area (Å²) in [6, 6.07) is 0. The standard InChI is InChI=1S/C11H18BrNO2/c1-8-3-5-15-10(8)11(14)13-4-2-9(6-12)7-13/h8-10H,2-7H2,1H3. The van der Waals surface area contributed by atoms with Crippen LogP contribution in [0, 0.1) is 11.8 Å². The smallest absolute Gasteiger partial charge is 0.251 e. The van der Waals surface area contributed by atoms with Gasteiger partial charge in [-0.2, -0.15) is 0 Å². The third-order valence-corrected chi connectivity index (χ3v) is 4.36. The molecule has 0 aromatic heterocycles. The first kappa shape index (κ1) is 11.4. The maximum atomic E-state index is 12.1. The minimum Gasteiger partial charge on any atom is -0.368 e. The first-order valence-electron chi connectivity index (χ1n) is 5.68. The monoisotopic (exact) mass is 275 g/mol. The summed E-state index contributed by atoms with van der Waals surface area (Å²) >= 11 is 3.48. The van der Waals surface area contributed by atoms with Gasteiger partial charge in [-0.3, -0.25) is 4.79 Å². The molecule has 3 unspecified atom stereocenters. The summed E-state index contributed by atoms with van der Waals surface area (Å²) in [6.07, 6.45) is 1.98. The average Bonchev–Trinajstić information content (AvgIpc) is 2.84. The van der Waals surface area contributed by atoms with Gasteiger partial charge in [0.15, 0.2) is 0 Å². The highest BCUT2D eigenvalue weighted by Crippen LogP contribution is 2.25. The van der Waals surface area contributed by atoms with E-state index in [-0.39, 0.29) is 12.0 Å². The number of amides is 1. The number of nitrogens with zero attached hydrogens (tertiary/aromatic N) is 1. The summed E-state index contributed by atoms with van der Waals surface area (Å²) in [4.78, 5) is 14.1. The lowest BCUT2D eigenvalue weighted by atomic mass is 10.0. The van der Waals surface area contributed by atoms with E-state index in [0.29, 0.717) is 11.8 Å². The fraction of sp³-hybridized carbons (Fsp3) is 0.909. The van der Waals surface area contributed by atoms with E-state index in [1.807, 2.05) is 4.90 Å². The van der Waals surface area contributed by atoms with Gasteiger partial charge >= 0.3 is 0 Å². The largest absolute Gasteiger partial charge is 0.368 e. The lowest BCUT2D eigenvalue weighted by molar-refractivity contribution is -0.141. The quantitative estimate of drug-likeness (QED) is 0.718. The van der Waals surface area contributed by atoms with Crippen LogP contribution < -0.4 is 0 Å². The molecule has 86 valence electrons. The van der Waals surface area contributed by atoms with Crippen LogP contribution in [0.5, 0.6) is 0 Å². The lowest BCUT2D eigenvalue weighted by Crippen LogP contribution is -2.39. The van der Waals surface area contributed by atoms with Gasteiger partial charge in [-0.25, -0.2) is 0 Å². The molecule has 0 aromatic carbocycles. The summed E-state index contributed by atoms with van der Waals surface area (Å²) in [5.41, 5.74) is 0. The second-order valence-electron chi connectivity index (χ2n) is 4.65. The molecule has 3 atom stereocenters. The SMILES string of the molecule is CC1CCOC1C(=O)N1CCC(CBr)C1. The second kappa shape index (κ2) is 4.83. The molecule has 2 heterocycles. The van der Waals surface area contributed by atoms with Crippen LogP contribution in [0.3, 0.4) is 0 Å². The Morgan fingerprint density at radius 2 is 2.33 bits per heavy atom. The van der Waals surface area contributed by atoms with Crippen LogP contribution in [0.4, 0.5) is 0 Å². The molecule has 0 radical (unpaired) electrons. The van der Waals surface area contributed by atoms with E-state index in [9.17, 15) is 4.79 Å². The summed E-state index contributed by atoms with van der Waals surface area (Å²) in [5.74, 6) is 1.23. The molecule has 2 saturated heterocycles. The van der Waals surface area contributed by atoms with Crippen LogP contribution in [-0.4, -0.2) is 41.9 Å². The molecule has 0 saturated carbocycles. The number of alkyl halides is 1. The van der Waals surface area contributed by atoms with Crippen LogP contribution in [0.25, 0.3) is 0 Å². The van der Waals surface area contributed by atoms with Crippen LogP contribution >= 0.6 is 15.9 Å². The summed E-state index contributed by atoms with van der Waals surface area (Å²) < 4.78 is 5.51. The molecule has 0 spiro atoms. The molecule has 2 aliphatic heterocycles. The molecule has 0 N–H and O–H groups in total. The van der Waals surface area contributed by atoms with Crippen molar-refractivity contribution in [3.63, 3.8) is 0 Å². The van der Waals surface area contributed by atoms with Crippen molar-refractivity contribution in [2.75, 3.05) is 25.0 Å². The molecular weight excluding hydrogens is 258 g/mol. The van der Waals surface area contributed by atoms with Gasteiger partial charge in [0.2, 0.25) is 0 Å². The summed E-state index contributed by atoms with van der Waals surface area (Å²) in [6.45, 7) is 4.65. The van der Waals surface area contributed by atoms with Crippen molar-refractivity contribution in [2.24, 2.45) is 11.8 Å². The molecule has 0 aliphatic carbocycles. The van der Waals surface area contributed by atoms with Crippen molar-refractivity contribution in [1.29, 1.82) is 0 Å². The number of likely N-dealkylation sites (tertiary alicyclic amines) is 1. The predicted molar refractivity (Wildman–Crippen MR) is 62.0 cm³/mol. The van der Waals surface area contributed by atoms with E-state index in [1.54, 1.807) is 0 Å². The number of ether oxygens (including phenoxy) is 1. The Labute approximate surface area is 99.3 Å². The molecule has 4 heteroatoms. The maximum absolute atomic E-state index is 12.1. The van der Waals surface area contributed by atoms with E-state index in [1.165, 1.54) is 0 Å². The molecule has 2 rings (SSSR count). The Hall–Kier alpha value is -0.0900. The molecule has 15 heavy (non-hydrogen) atoms. The Kier molecular flexibility index (Phi) is 3.67. The number of hydrogen-bond acceptors (Lipinski definition) is 2. The van der Waals surface area contributed by atoms with Crippen molar-refractivity contribution in [3.05, 3.63) is 0 Å².